The summed E-state index contributed by atoms with van der Waals surface area (Å²) in [6.07, 6.45) is 4.62. The van der Waals surface area contributed by atoms with E-state index in [9.17, 15) is 26.8 Å². The third kappa shape index (κ3) is 6.53. The number of nitrogens with one attached hydrogen (secondary N) is 1. The Hall–Kier alpha value is -3.01. The maximum atomic E-state index is 14.4. The highest BCUT2D eigenvalue weighted by Crippen LogP contribution is 2.21. The lowest BCUT2D eigenvalue weighted by atomic mass is 10.1. The van der Waals surface area contributed by atoms with Gasteiger partial charge in [-0.3, -0.25) is 13.9 Å². The van der Waals surface area contributed by atoms with Crippen molar-refractivity contribution in [3.05, 3.63) is 65.7 Å². The second-order valence-electron chi connectivity index (χ2n) is 8.53. The van der Waals surface area contributed by atoms with Gasteiger partial charge in [-0.05, 0) is 44.0 Å². The number of hydrogen-bond acceptors (Lipinski definition) is 4. The number of sulfonamides is 1. The fourth-order valence-electron chi connectivity index (χ4n) is 4.03. The largest absolute Gasteiger partial charge is 0.352 e. The Labute approximate surface area is 198 Å². The Bertz CT molecular complexity index is 1140. The zero-order valence-corrected chi connectivity index (χ0v) is 20.0. The van der Waals surface area contributed by atoms with Crippen molar-refractivity contribution >= 4 is 27.5 Å². The van der Waals surface area contributed by atoms with Gasteiger partial charge >= 0.3 is 0 Å². The maximum absolute atomic E-state index is 14.4. The minimum atomic E-state index is -3.96. The standard InChI is InChI=1S/C24H29F2N3O4S/c1-17(24(31)27-20-10-4-5-11-20)28(15-18-8-3-6-13-22(18)26)23(30)16-29(34(2,32)33)21-12-7-9-19(25)14-21/h3,6-9,12-14,17,20H,4-5,10-11,15-16H2,1-2H3,(H,27,31)/t17-/m1/s1. The van der Waals surface area contributed by atoms with Gasteiger partial charge < -0.3 is 10.2 Å². The van der Waals surface area contributed by atoms with Crippen molar-refractivity contribution in [1.29, 1.82) is 0 Å². The van der Waals surface area contributed by atoms with Crippen LogP contribution >= 0.6 is 0 Å². The molecule has 2 aromatic carbocycles. The van der Waals surface area contributed by atoms with Gasteiger partial charge in [0.15, 0.2) is 0 Å². The molecule has 2 amide bonds. The number of halogens is 2. The molecule has 1 saturated carbocycles. The van der Waals surface area contributed by atoms with Crippen molar-refractivity contribution in [1.82, 2.24) is 10.2 Å². The highest BCUT2D eigenvalue weighted by Gasteiger charge is 2.31. The fraction of sp³-hybridized carbons (Fsp3) is 0.417. The summed E-state index contributed by atoms with van der Waals surface area (Å²) in [4.78, 5) is 27.5. The number of nitrogens with zero attached hydrogens (tertiary/aromatic N) is 2. The Kier molecular flexibility index (Phi) is 8.24. The van der Waals surface area contributed by atoms with E-state index < -0.39 is 46.1 Å². The molecule has 10 heteroatoms. The zero-order valence-electron chi connectivity index (χ0n) is 19.2. The first kappa shape index (κ1) is 25.6. The number of benzene rings is 2. The summed E-state index contributed by atoms with van der Waals surface area (Å²) in [7, 11) is -3.96. The van der Waals surface area contributed by atoms with Crippen LogP contribution in [0.4, 0.5) is 14.5 Å². The quantitative estimate of drug-likeness (QED) is 0.581. The van der Waals surface area contributed by atoms with Crippen LogP contribution < -0.4 is 9.62 Å². The molecule has 0 spiro atoms. The lowest BCUT2D eigenvalue weighted by Crippen LogP contribution is -2.52. The molecule has 0 saturated heterocycles. The molecule has 0 aliphatic heterocycles. The topological polar surface area (TPSA) is 86.8 Å². The smallest absolute Gasteiger partial charge is 0.244 e. The van der Waals surface area contributed by atoms with E-state index >= 15 is 0 Å². The van der Waals surface area contributed by atoms with E-state index in [1.807, 2.05) is 0 Å². The van der Waals surface area contributed by atoms with Gasteiger partial charge in [0.1, 0.15) is 24.2 Å². The SMILES string of the molecule is C[C@H](C(=O)NC1CCCC1)N(Cc1ccccc1F)C(=O)CN(c1cccc(F)c1)S(C)(=O)=O. The minimum Gasteiger partial charge on any atom is -0.352 e. The van der Waals surface area contributed by atoms with Crippen molar-refractivity contribution in [2.24, 2.45) is 0 Å². The summed E-state index contributed by atoms with van der Waals surface area (Å²) >= 11 is 0. The molecular weight excluding hydrogens is 464 g/mol. The predicted octanol–water partition coefficient (Wildman–Crippen LogP) is 3.21. The summed E-state index contributed by atoms with van der Waals surface area (Å²) < 4.78 is 53.8. The average Bonchev–Trinajstić information content (AvgIpc) is 3.28. The summed E-state index contributed by atoms with van der Waals surface area (Å²) in [5, 5.41) is 2.93. The van der Waals surface area contributed by atoms with Gasteiger partial charge in [-0.2, -0.15) is 0 Å². The molecule has 1 fully saturated rings. The number of carbonyl (C=O) groups excluding carboxylic acids is 2. The summed E-state index contributed by atoms with van der Waals surface area (Å²) in [5.41, 5.74) is 0.165. The highest BCUT2D eigenvalue weighted by molar-refractivity contribution is 7.92. The van der Waals surface area contributed by atoms with E-state index in [1.54, 1.807) is 6.07 Å². The van der Waals surface area contributed by atoms with Crippen molar-refractivity contribution in [2.45, 2.75) is 51.2 Å². The van der Waals surface area contributed by atoms with Gasteiger partial charge in [0.2, 0.25) is 21.8 Å². The van der Waals surface area contributed by atoms with Crippen molar-refractivity contribution < 1.29 is 26.8 Å². The Morgan fingerprint density at radius 2 is 1.76 bits per heavy atom. The van der Waals surface area contributed by atoms with Gasteiger partial charge in [0.05, 0.1) is 11.9 Å². The Morgan fingerprint density at radius 1 is 1.09 bits per heavy atom. The van der Waals surface area contributed by atoms with Crippen LogP contribution in [0.5, 0.6) is 0 Å². The van der Waals surface area contributed by atoms with Crippen LogP contribution in [0.25, 0.3) is 0 Å². The van der Waals surface area contributed by atoms with Crippen LogP contribution in [0, 0.1) is 11.6 Å². The second-order valence-corrected chi connectivity index (χ2v) is 10.4. The lowest BCUT2D eigenvalue weighted by Gasteiger charge is -2.32. The van der Waals surface area contributed by atoms with Gasteiger partial charge in [0, 0.05) is 18.2 Å². The first-order valence-corrected chi connectivity index (χ1v) is 13.0. The van der Waals surface area contributed by atoms with Crippen molar-refractivity contribution in [3.8, 4) is 0 Å². The molecule has 1 aliphatic carbocycles. The fourth-order valence-corrected chi connectivity index (χ4v) is 4.87. The molecule has 0 bridgehead atoms. The molecule has 0 heterocycles. The van der Waals surface area contributed by atoms with Crippen LogP contribution in [-0.2, 0) is 26.2 Å². The molecule has 34 heavy (non-hydrogen) atoms. The van der Waals surface area contributed by atoms with Crippen molar-refractivity contribution in [3.63, 3.8) is 0 Å². The molecular formula is C24H29F2N3O4S. The normalized spacial score (nSPS) is 15.1. The third-order valence-corrected chi connectivity index (χ3v) is 7.08. The molecule has 184 valence electrons. The number of carbonyl (C=O) groups is 2. The monoisotopic (exact) mass is 493 g/mol. The number of amides is 2. The molecule has 0 aromatic heterocycles. The van der Waals surface area contributed by atoms with Gasteiger partial charge in [-0.1, -0.05) is 37.1 Å². The maximum Gasteiger partial charge on any atom is 0.244 e. The molecule has 2 aromatic rings. The van der Waals surface area contributed by atoms with Crippen LogP contribution in [0.3, 0.4) is 0 Å². The van der Waals surface area contributed by atoms with Gasteiger partial charge in [0.25, 0.3) is 0 Å². The average molecular weight is 494 g/mol. The third-order valence-electron chi connectivity index (χ3n) is 5.94. The first-order chi connectivity index (χ1) is 16.1. The van der Waals surface area contributed by atoms with Crippen LogP contribution in [0.2, 0.25) is 0 Å². The summed E-state index contributed by atoms with van der Waals surface area (Å²) in [6, 6.07) is 9.77. The van der Waals surface area contributed by atoms with E-state index in [2.05, 4.69) is 5.32 Å². The second kappa shape index (κ2) is 10.9. The van der Waals surface area contributed by atoms with E-state index in [-0.39, 0.29) is 23.8 Å². The minimum absolute atomic E-state index is 0.0141. The molecule has 1 aliphatic rings. The Morgan fingerprint density at radius 3 is 2.38 bits per heavy atom. The summed E-state index contributed by atoms with van der Waals surface area (Å²) in [6.45, 7) is 0.624. The molecule has 0 unspecified atom stereocenters. The van der Waals surface area contributed by atoms with Crippen LogP contribution in [0.15, 0.2) is 48.5 Å². The molecule has 1 atom stereocenters. The van der Waals surface area contributed by atoms with Gasteiger partial charge in [-0.15, -0.1) is 0 Å². The molecule has 1 N–H and O–H groups in total. The van der Waals surface area contributed by atoms with Crippen molar-refractivity contribution in [2.75, 3.05) is 17.1 Å². The predicted molar refractivity (Wildman–Crippen MR) is 125 cm³/mol. The van der Waals surface area contributed by atoms with E-state index in [1.165, 1.54) is 37.3 Å². The van der Waals surface area contributed by atoms with Crippen LogP contribution in [-0.4, -0.2) is 50.0 Å². The lowest BCUT2D eigenvalue weighted by molar-refractivity contribution is -0.139. The highest BCUT2D eigenvalue weighted by atomic mass is 32.2. The first-order valence-electron chi connectivity index (χ1n) is 11.1. The van der Waals surface area contributed by atoms with Gasteiger partial charge in [-0.25, -0.2) is 17.2 Å². The van der Waals surface area contributed by atoms with Crippen LogP contribution in [0.1, 0.15) is 38.2 Å². The Balaban J connectivity index is 1.89. The van der Waals surface area contributed by atoms with E-state index in [0.29, 0.717) is 0 Å². The zero-order chi connectivity index (χ0) is 24.9. The molecule has 0 radical (unpaired) electrons. The number of anilines is 1. The van der Waals surface area contributed by atoms with E-state index in [4.69, 9.17) is 0 Å². The molecule has 3 rings (SSSR count). The number of rotatable bonds is 9. The molecule has 7 nitrogen and oxygen atoms in total. The number of hydrogen-bond donors (Lipinski definition) is 1. The van der Waals surface area contributed by atoms with E-state index in [0.717, 1.165) is 53.3 Å². The summed E-state index contributed by atoms with van der Waals surface area (Å²) in [5.74, 6) is -2.32.